The van der Waals surface area contributed by atoms with Gasteiger partial charge in [0.05, 0.1) is 12.7 Å². The van der Waals surface area contributed by atoms with E-state index >= 15 is 0 Å². The Hall–Kier alpha value is -2.56. The van der Waals surface area contributed by atoms with Crippen molar-refractivity contribution in [2.45, 2.75) is 63.0 Å². The van der Waals surface area contributed by atoms with E-state index in [0.29, 0.717) is 23.8 Å². The number of allylic oxidation sites excluding steroid dienone is 2. The van der Waals surface area contributed by atoms with Crippen LogP contribution in [0.1, 0.15) is 67.2 Å². The lowest BCUT2D eigenvalue weighted by Crippen LogP contribution is -2.48. The van der Waals surface area contributed by atoms with E-state index in [2.05, 4.69) is 18.2 Å². The minimum Gasteiger partial charge on any atom is -0.496 e. The lowest BCUT2D eigenvalue weighted by atomic mass is 9.48. The highest BCUT2D eigenvalue weighted by Gasteiger charge is 2.52. The van der Waals surface area contributed by atoms with E-state index in [-0.39, 0.29) is 5.41 Å². The molecule has 0 amide bonds. The van der Waals surface area contributed by atoms with Gasteiger partial charge in [-0.25, -0.2) is 0 Å². The molecule has 2 aromatic rings. The molecule has 0 aliphatic heterocycles. The zero-order valence-electron chi connectivity index (χ0n) is 19.5. The molecule has 4 bridgehead atoms. The summed E-state index contributed by atoms with van der Waals surface area (Å²) in [5, 5.41) is 0. The van der Waals surface area contributed by atoms with Gasteiger partial charge in [-0.3, -0.25) is 4.79 Å². The van der Waals surface area contributed by atoms with E-state index in [9.17, 15) is 18.0 Å². The van der Waals surface area contributed by atoms with Gasteiger partial charge in [-0.15, -0.1) is 0 Å². The summed E-state index contributed by atoms with van der Waals surface area (Å²) >= 11 is 0. The Morgan fingerprint density at radius 1 is 1.03 bits per heavy atom. The molecule has 2 nitrogen and oxygen atoms in total. The first-order valence-corrected chi connectivity index (χ1v) is 12.3. The van der Waals surface area contributed by atoms with Crippen molar-refractivity contribution >= 4 is 11.9 Å². The number of carbonyl (C=O) groups excluding carboxylic acids is 1. The predicted octanol–water partition coefficient (Wildman–Crippen LogP) is 7.40. The molecule has 6 rings (SSSR count). The van der Waals surface area contributed by atoms with E-state index in [4.69, 9.17) is 4.74 Å². The second-order valence-corrected chi connectivity index (χ2v) is 10.6. The summed E-state index contributed by atoms with van der Waals surface area (Å²) in [6.07, 6.45) is 7.18. The van der Waals surface area contributed by atoms with Crippen LogP contribution in [0.15, 0.2) is 48.5 Å². The quantitative estimate of drug-likeness (QED) is 0.313. The molecule has 180 valence electrons. The second kappa shape index (κ2) is 8.90. The van der Waals surface area contributed by atoms with Gasteiger partial charge in [0.25, 0.3) is 0 Å². The predicted molar refractivity (Wildman–Crippen MR) is 127 cm³/mol. The molecule has 34 heavy (non-hydrogen) atoms. The van der Waals surface area contributed by atoms with E-state index in [1.807, 2.05) is 0 Å². The first-order valence-electron chi connectivity index (χ1n) is 12.3. The Morgan fingerprint density at radius 3 is 2.29 bits per heavy atom. The number of carbonyl (C=O) groups is 1. The van der Waals surface area contributed by atoms with Crippen LogP contribution in [0.3, 0.4) is 0 Å². The van der Waals surface area contributed by atoms with Crippen molar-refractivity contribution in [2.24, 2.45) is 17.8 Å². The number of hydrogen-bond donors (Lipinski definition) is 0. The summed E-state index contributed by atoms with van der Waals surface area (Å²) in [4.78, 5) is 11.6. The van der Waals surface area contributed by atoms with E-state index < -0.39 is 11.7 Å². The highest BCUT2D eigenvalue weighted by atomic mass is 19.4. The van der Waals surface area contributed by atoms with Crippen LogP contribution in [-0.2, 0) is 22.8 Å². The van der Waals surface area contributed by atoms with Gasteiger partial charge in [0.1, 0.15) is 12.0 Å². The number of halogens is 3. The summed E-state index contributed by atoms with van der Waals surface area (Å²) < 4.78 is 45.0. The van der Waals surface area contributed by atoms with Crippen molar-refractivity contribution in [1.82, 2.24) is 0 Å². The van der Waals surface area contributed by atoms with Gasteiger partial charge in [0.15, 0.2) is 0 Å². The molecule has 0 radical (unpaired) electrons. The fourth-order valence-corrected chi connectivity index (χ4v) is 7.27. The topological polar surface area (TPSA) is 26.3 Å². The maximum atomic E-state index is 13.1. The van der Waals surface area contributed by atoms with Crippen LogP contribution < -0.4 is 4.74 Å². The number of benzene rings is 2. The highest BCUT2D eigenvalue weighted by molar-refractivity contribution is 6.06. The molecule has 0 spiro atoms. The summed E-state index contributed by atoms with van der Waals surface area (Å²) in [5.74, 6) is 3.49. The maximum absolute atomic E-state index is 13.1. The fraction of sp³-hybridized carbons (Fsp3) is 0.483. The SMILES string of the molecule is COc1ccc(CCC=C(C=O)c2cccc(C(F)(F)F)c2)cc1C12CC3CC(CC(C3)C1)C2. The zero-order chi connectivity index (χ0) is 23.9. The van der Waals surface area contributed by atoms with Gasteiger partial charge in [0.2, 0.25) is 0 Å². The van der Waals surface area contributed by atoms with E-state index in [1.165, 1.54) is 55.7 Å². The normalized spacial score (nSPS) is 28.2. The van der Waals surface area contributed by atoms with Crippen molar-refractivity contribution in [3.63, 3.8) is 0 Å². The van der Waals surface area contributed by atoms with Gasteiger partial charge in [-0.1, -0.05) is 30.3 Å². The molecular formula is C29H31F3O2. The minimum absolute atomic E-state index is 0.220. The number of rotatable bonds is 7. The zero-order valence-corrected chi connectivity index (χ0v) is 19.5. The van der Waals surface area contributed by atoms with Gasteiger partial charge in [-0.05, 0) is 104 Å². The van der Waals surface area contributed by atoms with Crippen molar-refractivity contribution in [2.75, 3.05) is 7.11 Å². The first-order chi connectivity index (χ1) is 16.3. The van der Waals surface area contributed by atoms with E-state index in [1.54, 1.807) is 19.3 Å². The molecule has 0 unspecified atom stereocenters. The van der Waals surface area contributed by atoms with Crippen molar-refractivity contribution in [1.29, 1.82) is 0 Å². The van der Waals surface area contributed by atoms with Crippen molar-refractivity contribution < 1.29 is 22.7 Å². The Kier molecular flexibility index (Phi) is 6.07. The number of methoxy groups -OCH3 is 1. The molecule has 0 heterocycles. The molecular weight excluding hydrogens is 437 g/mol. The van der Waals surface area contributed by atoms with Crippen molar-refractivity contribution in [3.05, 3.63) is 70.8 Å². The average Bonchev–Trinajstić information content (AvgIpc) is 2.80. The Morgan fingerprint density at radius 2 is 1.71 bits per heavy atom. The average molecular weight is 469 g/mol. The molecule has 4 aliphatic carbocycles. The molecule has 4 fully saturated rings. The molecule has 2 aromatic carbocycles. The highest BCUT2D eigenvalue weighted by Crippen LogP contribution is 2.62. The monoisotopic (exact) mass is 468 g/mol. The van der Waals surface area contributed by atoms with Gasteiger partial charge < -0.3 is 4.74 Å². The summed E-state index contributed by atoms with van der Waals surface area (Å²) in [7, 11) is 1.74. The molecule has 0 aromatic heterocycles. The number of alkyl halides is 3. The van der Waals surface area contributed by atoms with Crippen LogP contribution in [-0.4, -0.2) is 13.4 Å². The first kappa shape index (κ1) is 23.2. The maximum Gasteiger partial charge on any atom is 0.416 e. The van der Waals surface area contributed by atoms with Crippen LogP contribution >= 0.6 is 0 Å². The smallest absolute Gasteiger partial charge is 0.416 e. The third-order valence-corrected chi connectivity index (χ3v) is 8.32. The Labute approximate surface area is 199 Å². The Bertz CT molecular complexity index is 1060. The van der Waals surface area contributed by atoms with Crippen LogP contribution in [0.4, 0.5) is 13.2 Å². The minimum atomic E-state index is -4.43. The largest absolute Gasteiger partial charge is 0.496 e. The fourth-order valence-electron chi connectivity index (χ4n) is 7.27. The molecule has 5 heteroatoms. The molecule has 0 N–H and O–H groups in total. The lowest BCUT2D eigenvalue weighted by molar-refractivity contribution is -0.137. The standard InChI is InChI=1S/C29H31F3O2/c1-34-27-9-8-19(13-26(27)28-15-20-10-21(16-28)12-22(11-20)17-28)4-2-6-24(18-33)23-5-3-7-25(14-23)29(30,31)32/h3,5-9,13-14,18,20-22H,2,4,10-12,15-17H2,1H3. The second-order valence-electron chi connectivity index (χ2n) is 10.6. The Balaban J connectivity index is 1.36. The van der Waals surface area contributed by atoms with Gasteiger partial charge in [-0.2, -0.15) is 13.2 Å². The van der Waals surface area contributed by atoms with Gasteiger partial charge in [0, 0.05) is 11.1 Å². The number of hydrogen-bond acceptors (Lipinski definition) is 2. The van der Waals surface area contributed by atoms with Crippen LogP contribution in [0.25, 0.3) is 5.57 Å². The lowest BCUT2D eigenvalue weighted by Gasteiger charge is -2.57. The molecule has 0 saturated heterocycles. The summed E-state index contributed by atoms with van der Waals surface area (Å²) in [6.45, 7) is 0. The van der Waals surface area contributed by atoms with E-state index in [0.717, 1.165) is 42.1 Å². The number of aldehydes is 1. The third kappa shape index (κ3) is 4.42. The summed E-state index contributed by atoms with van der Waals surface area (Å²) in [6, 6.07) is 11.4. The van der Waals surface area contributed by atoms with Crippen LogP contribution in [0.2, 0.25) is 0 Å². The van der Waals surface area contributed by atoms with Crippen LogP contribution in [0, 0.1) is 17.8 Å². The third-order valence-electron chi connectivity index (χ3n) is 8.32. The molecule has 4 aliphatic rings. The van der Waals surface area contributed by atoms with Crippen molar-refractivity contribution in [3.8, 4) is 5.75 Å². The molecule has 0 atom stereocenters. The number of ether oxygens (including phenoxy) is 1. The van der Waals surface area contributed by atoms with Gasteiger partial charge >= 0.3 is 6.18 Å². The molecule has 4 saturated carbocycles. The number of aryl methyl sites for hydroxylation is 1. The summed E-state index contributed by atoms with van der Waals surface area (Å²) in [5.41, 5.74) is 2.58. The van der Waals surface area contributed by atoms with Crippen LogP contribution in [0.5, 0.6) is 5.75 Å².